The number of likely N-dealkylation sites (N-methyl/N-ethyl adjacent to an activating group) is 1. The molecule has 2 rings (SSSR count). The average Bonchev–Trinajstić information content (AvgIpc) is 2.98. The lowest BCUT2D eigenvalue weighted by molar-refractivity contribution is -0.153. The predicted octanol–water partition coefficient (Wildman–Crippen LogP) is 1.32. The Kier molecular flexibility index (Phi) is 4.74. The van der Waals surface area contributed by atoms with Crippen LogP contribution in [0.3, 0.4) is 0 Å². The normalized spacial score (nSPS) is 19.6. The Morgan fingerprint density at radius 2 is 2.10 bits per heavy atom. The number of carbonyl (C=O) groups is 2. The van der Waals surface area contributed by atoms with Gasteiger partial charge in [0.25, 0.3) is 5.91 Å². The van der Waals surface area contributed by atoms with Crippen LogP contribution in [0.25, 0.3) is 0 Å². The Labute approximate surface area is 118 Å². The molecule has 1 saturated heterocycles. The lowest BCUT2D eigenvalue weighted by Gasteiger charge is -2.27. The van der Waals surface area contributed by atoms with Gasteiger partial charge in [0.2, 0.25) is 0 Å². The lowest BCUT2D eigenvalue weighted by Crippen LogP contribution is -2.47. The average molecular weight is 277 g/mol. The van der Waals surface area contributed by atoms with Gasteiger partial charge in [0.05, 0.1) is 0 Å². The molecule has 1 amide bonds. The van der Waals surface area contributed by atoms with Gasteiger partial charge in [-0.15, -0.1) is 0 Å². The topological polar surface area (TPSA) is 66.8 Å². The summed E-state index contributed by atoms with van der Waals surface area (Å²) in [5, 5.41) is 9.36. The van der Waals surface area contributed by atoms with Crippen molar-refractivity contribution < 1.29 is 19.4 Å². The Morgan fingerprint density at radius 1 is 1.40 bits per heavy atom. The van der Waals surface area contributed by atoms with E-state index in [1.165, 1.54) is 11.9 Å². The SMILES string of the molecule is CN(C(=O)C1CCCO1)C(Cc1ccccc1)C(=O)O. The largest absolute Gasteiger partial charge is 0.480 e. The number of hydrogen-bond acceptors (Lipinski definition) is 3. The molecule has 2 atom stereocenters. The Hall–Kier alpha value is -1.88. The molecule has 1 aliphatic heterocycles. The highest BCUT2D eigenvalue weighted by Crippen LogP contribution is 2.17. The molecule has 108 valence electrons. The maximum absolute atomic E-state index is 12.2. The minimum absolute atomic E-state index is 0.245. The smallest absolute Gasteiger partial charge is 0.326 e. The van der Waals surface area contributed by atoms with Crippen LogP contribution in [0, 0.1) is 0 Å². The van der Waals surface area contributed by atoms with E-state index in [0.29, 0.717) is 19.4 Å². The lowest BCUT2D eigenvalue weighted by atomic mass is 10.0. The highest BCUT2D eigenvalue weighted by atomic mass is 16.5. The number of ether oxygens (including phenoxy) is 1. The minimum Gasteiger partial charge on any atom is -0.480 e. The van der Waals surface area contributed by atoms with E-state index >= 15 is 0 Å². The Bertz CT molecular complexity index is 468. The van der Waals surface area contributed by atoms with E-state index in [1.54, 1.807) is 0 Å². The van der Waals surface area contributed by atoms with Crippen LogP contribution < -0.4 is 0 Å². The molecule has 2 unspecified atom stereocenters. The van der Waals surface area contributed by atoms with Crippen molar-refractivity contribution in [1.82, 2.24) is 4.90 Å². The zero-order valence-electron chi connectivity index (χ0n) is 11.5. The van der Waals surface area contributed by atoms with E-state index in [2.05, 4.69) is 0 Å². The van der Waals surface area contributed by atoms with Gasteiger partial charge in [-0.3, -0.25) is 4.79 Å². The molecule has 1 fully saturated rings. The molecule has 1 aliphatic rings. The molecular weight excluding hydrogens is 258 g/mol. The summed E-state index contributed by atoms with van der Waals surface area (Å²) in [5.74, 6) is -1.24. The maximum atomic E-state index is 12.2. The maximum Gasteiger partial charge on any atom is 0.326 e. The summed E-state index contributed by atoms with van der Waals surface area (Å²) in [5.41, 5.74) is 0.895. The second kappa shape index (κ2) is 6.52. The standard InChI is InChI=1S/C15H19NO4/c1-16(14(17)13-8-5-9-20-13)12(15(18)19)10-11-6-3-2-4-7-11/h2-4,6-7,12-13H,5,8-10H2,1H3,(H,18,19). The van der Waals surface area contributed by atoms with Crippen molar-refractivity contribution in [3.8, 4) is 0 Å². The number of benzene rings is 1. The van der Waals surface area contributed by atoms with Crippen molar-refractivity contribution in [2.75, 3.05) is 13.7 Å². The van der Waals surface area contributed by atoms with Crippen molar-refractivity contribution in [2.45, 2.75) is 31.4 Å². The number of rotatable bonds is 5. The van der Waals surface area contributed by atoms with E-state index < -0.39 is 18.1 Å². The number of hydrogen-bond donors (Lipinski definition) is 1. The number of amides is 1. The van der Waals surface area contributed by atoms with Crippen LogP contribution in [0.4, 0.5) is 0 Å². The van der Waals surface area contributed by atoms with Crippen LogP contribution in [-0.4, -0.2) is 47.7 Å². The van der Waals surface area contributed by atoms with Gasteiger partial charge in [-0.1, -0.05) is 30.3 Å². The summed E-state index contributed by atoms with van der Waals surface area (Å²) in [4.78, 5) is 24.9. The molecule has 0 saturated carbocycles. The van der Waals surface area contributed by atoms with Gasteiger partial charge < -0.3 is 14.7 Å². The number of carboxylic acid groups (broad SMARTS) is 1. The fourth-order valence-electron chi connectivity index (χ4n) is 2.38. The third kappa shape index (κ3) is 3.36. The second-order valence-electron chi connectivity index (χ2n) is 4.99. The fraction of sp³-hybridized carbons (Fsp3) is 0.467. The molecular formula is C15H19NO4. The molecule has 0 aromatic heterocycles. The molecule has 1 aromatic carbocycles. The van der Waals surface area contributed by atoms with Gasteiger partial charge in [-0.2, -0.15) is 0 Å². The summed E-state index contributed by atoms with van der Waals surface area (Å²) >= 11 is 0. The second-order valence-corrected chi connectivity index (χ2v) is 4.99. The first kappa shape index (κ1) is 14.5. The minimum atomic E-state index is -0.997. The van der Waals surface area contributed by atoms with E-state index in [1.807, 2.05) is 30.3 Å². The summed E-state index contributed by atoms with van der Waals surface area (Å²) < 4.78 is 5.33. The summed E-state index contributed by atoms with van der Waals surface area (Å²) in [6, 6.07) is 8.45. The van der Waals surface area contributed by atoms with Crippen LogP contribution in [-0.2, 0) is 20.7 Å². The molecule has 5 nitrogen and oxygen atoms in total. The number of nitrogens with zero attached hydrogens (tertiary/aromatic N) is 1. The number of carbonyl (C=O) groups excluding carboxylic acids is 1. The van der Waals surface area contributed by atoms with E-state index in [4.69, 9.17) is 4.74 Å². The van der Waals surface area contributed by atoms with Gasteiger partial charge in [0.15, 0.2) is 0 Å². The molecule has 0 spiro atoms. The monoisotopic (exact) mass is 277 g/mol. The zero-order valence-corrected chi connectivity index (χ0v) is 11.5. The van der Waals surface area contributed by atoms with Gasteiger partial charge in [0.1, 0.15) is 12.1 Å². The van der Waals surface area contributed by atoms with Crippen molar-refractivity contribution in [3.63, 3.8) is 0 Å². The molecule has 0 radical (unpaired) electrons. The Balaban J connectivity index is 2.07. The van der Waals surface area contributed by atoms with Crippen LogP contribution >= 0.6 is 0 Å². The van der Waals surface area contributed by atoms with Crippen LogP contribution in [0.15, 0.2) is 30.3 Å². The molecule has 5 heteroatoms. The van der Waals surface area contributed by atoms with Crippen LogP contribution in [0.2, 0.25) is 0 Å². The first-order chi connectivity index (χ1) is 9.59. The third-order valence-corrected chi connectivity index (χ3v) is 3.58. The van der Waals surface area contributed by atoms with E-state index in [9.17, 15) is 14.7 Å². The number of carboxylic acids is 1. The van der Waals surface area contributed by atoms with E-state index in [0.717, 1.165) is 12.0 Å². The van der Waals surface area contributed by atoms with Gasteiger partial charge >= 0.3 is 5.97 Å². The zero-order chi connectivity index (χ0) is 14.5. The van der Waals surface area contributed by atoms with Crippen LogP contribution in [0.5, 0.6) is 0 Å². The Morgan fingerprint density at radius 3 is 2.65 bits per heavy atom. The number of aliphatic carboxylic acids is 1. The summed E-state index contributed by atoms with van der Waals surface area (Å²) in [6.07, 6.45) is 1.32. The molecule has 0 bridgehead atoms. The van der Waals surface area contributed by atoms with E-state index in [-0.39, 0.29) is 5.91 Å². The third-order valence-electron chi connectivity index (χ3n) is 3.58. The first-order valence-corrected chi connectivity index (χ1v) is 6.74. The highest BCUT2D eigenvalue weighted by molar-refractivity contribution is 5.86. The van der Waals surface area contributed by atoms with Crippen molar-refractivity contribution >= 4 is 11.9 Å². The van der Waals surface area contributed by atoms with Crippen molar-refractivity contribution in [2.24, 2.45) is 0 Å². The summed E-state index contributed by atoms with van der Waals surface area (Å²) in [7, 11) is 1.53. The molecule has 20 heavy (non-hydrogen) atoms. The van der Waals surface area contributed by atoms with Gasteiger partial charge in [-0.05, 0) is 18.4 Å². The van der Waals surface area contributed by atoms with Gasteiger partial charge in [0, 0.05) is 20.1 Å². The molecule has 1 N–H and O–H groups in total. The molecule has 1 heterocycles. The molecule has 1 aromatic rings. The predicted molar refractivity (Wildman–Crippen MR) is 73.3 cm³/mol. The fourth-order valence-corrected chi connectivity index (χ4v) is 2.38. The molecule has 0 aliphatic carbocycles. The van der Waals surface area contributed by atoms with Crippen LogP contribution in [0.1, 0.15) is 18.4 Å². The van der Waals surface area contributed by atoms with Crippen molar-refractivity contribution in [3.05, 3.63) is 35.9 Å². The first-order valence-electron chi connectivity index (χ1n) is 6.74. The van der Waals surface area contributed by atoms with Gasteiger partial charge in [-0.25, -0.2) is 4.79 Å². The van der Waals surface area contributed by atoms with Crippen molar-refractivity contribution in [1.29, 1.82) is 0 Å². The quantitative estimate of drug-likeness (QED) is 0.881. The summed E-state index contributed by atoms with van der Waals surface area (Å²) in [6.45, 7) is 0.570. The highest BCUT2D eigenvalue weighted by Gasteiger charge is 2.33.